The van der Waals surface area contributed by atoms with Crippen LogP contribution in [0.3, 0.4) is 0 Å². The standard InChI is InChI=1S/C16H21N5/c1-2-7-14-13(6-1)15(12-21-11-5-8-17-21)19-16(18-14)20-9-3-4-10-20/h5,8,11H,1-4,6-7,9-10,12H2. The lowest BCUT2D eigenvalue weighted by Crippen LogP contribution is -2.24. The van der Waals surface area contributed by atoms with Gasteiger partial charge < -0.3 is 4.90 Å². The van der Waals surface area contributed by atoms with Gasteiger partial charge in [0.15, 0.2) is 0 Å². The first-order valence-electron chi connectivity index (χ1n) is 8.01. The van der Waals surface area contributed by atoms with Gasteiger partial charge in [-0.25, -0.2) is 9.97 Å². The molecule has 2 aromatic heterocycles. The van der Waals surface area contributed by atoms with Gasteiger partial charge in [-0.1, -0.05) is 0 Å². The van der Waals surface area contributed by atoms with Gasteiger partial charge in [0.1, 0.15) is 0 Å². The van der Waals surface area contributed by atoms with E-state index in [1.54, 1.807) is 0 Å². The van der Waals surface area contributed by atoms with Crippen LogP contribution in [0.15, 0.2) is 18.5 Å². The zero-order valence-electron chi connectivity index (χ0n) is 12.3. The fraction of sp³-hybridized carbons (Fsp3) is 0.562. The lowest BCUT2D eigenvalue weighted by Gasteiger charge is -2.22. The second-order valence-corrected chi connectivity index (χ2v) is 6.00. The van der Waals surface area contributed by atoms with Crippen LogP contribution in [0.1, 0.15) is 42.6 Å². The van der Waals surface area contributed by atoms with Crippen LogP contribution in [0, 0.1) is 0 Å². The Morgan fingerprint density at radius 3 is 2.67 bits per heavy atom. The number of aryl methyl sites for hydroxylation is 1. The number of anilines is 1. The Kier molecular flexibility index (Phi) is 3.33. The molecular weight excluding hydrogens is 262 g/mol. The van der Waals surface area contributed by atoms with E-state index in [9.17, 15) is 0 Å². The topological polar surface area (TPSA) is 46.8 Å². The van der Waals surface area contributed by atoms with E-state index in [-0.39, 0.29) is 0 Å². The summed E-state index contributed by atoms with van der Waals surface area (Å²) in [5.74, 6) is 0.940. The summed E-state index contributed by atoms with van der Waals surface area (Å²) in [7, 11) is 0. The average Bonchev–Trinajstić information content (AvgIpc) is 3.20. The molecule has 3 heterocycles. The van der Waals surface area contributed by atoms with Gasteiger partial charge in [-0.3, -0.25) is 4.68 Å². The van der Waals surface area contributed by atoms with E-state index in [1.165, 1.54) is 42.6 Å². The third-order valence-corrected chi connectivity index (χ3v) is 4.52. The average molecular weight is 283 g/mol. The van der Waals surface area contributed by atoms with Crippen LogP contribution in [0.25, 0.3) is 0 Å². The number of nitrogens with zero attached hydrogens (tertiary/aromatic N) is 5. The summed E-state index contributed by atoms with van der Waals surface area (Å²) in [5.41, 5.74) is 3.82. The first-order chi connectivity index (χ1) is 10.4. The van der Waals surface area contributed by atoms with Crippen LogP contribution < -0.4 is 4.90 Å². The first kappa shape index (κ1) is 12.8. The van der Waals surface area contributed by atoms with Gasteiger partial charge >= 0.3 is 0 Å². The maximum Gasteiger partial charge on any atom is 0.225 e. The molecule has 0 spiro atoms. The predicted octanol–water partition coefficient (Wildman–Crippen LogP) is 2.20. The van der Waals surface area contributed by atoms with E-state index in [1.807, 2.05) is 23.1 Å². The molecule has 5 heteroatoms. The Bertz CT molecular complexity index is 614. The lowest BCUT2D eigenvalue weighted by molar-refractivity contribution is 0.617. The minimum absolute atomic E-state index is 0.763. The lowest BCUT2D eigenvalue weighted by atomic mass is 9.94. The molecule has 1 aliphatic carbocycles. The molecule has 1 aliphatic heterocycles. The zero-order valence-corrected chi connectivity index (χ0v) is 12.3. The molecule has 110 valence electrons. The van der Waals surface area contributed by atoms with Gasteiger partial charge in [0.05, 0.1) is 12.2 Å². The van der Waals surface area contributed by atoms with Crippen molar-refractivity contribution in [2.45, 2.75) is 45.1 Å². The van der Waals surface area contributed by atoms with Crippen molar-refractivity contribution < 1.29 is 0 Å². The molecule has 0 radical (unpaired) electrons. The Balaban J connectivity index is 1.73. The molecule has 0 unspecified atom stereocenters. The number of rotatable bonds is 3. The molecule has 1 fully saturated rings. The predicted molar refractivity (Wildman–Crippen MR) is 81.5 cm³/mol. The van der Waals surface area contributed by atoms with Crippen molar-refractivity contribution in [1.29, 1.82) is 0 Å². The summed E-state index contributed by atoms with van der Waals surface area (Å²) in [6, 6.07) is 1.97. The molecule has 0 saturated carbocycles. The van der Waals surface area contributed by atoms with E-state index in [4.69, 9.17) is 9.97 Å². The van der Waals surface area contributed by atoms with Gasteiger partial charge in [0, 0.05) is 31.2 Å². The van der Waals surface area contributed by atoms with E-state index in [2.05, 4.69) is 10.00 Å². The highest BCUT2D eigenvalue weighted by Crippen LogP contribution is 2.26. The van der Waals surface area contributed by atoms with Crippen LogP contribution in [-0.4, -0.2) is 32.8 Å². The van der Waals surface area contributed by atoms with Crippen molar-refractivity contribution in [3.63, 3.8) is 0 Å². The quantitative estimate of drug-likeness (QED) is 0.866. The minimum Gasteiger partial charge on any atom is -0.341 e. The molecule has 21 heavy (non-hydrogen) atoms. The van der Waals surface area contributed by atoms with Gasteiger partial charge in [0.2, 0.25) is 5.95 Å². The normalized spacial score (nSPS) is 18.0. The molecular formula is C16H21N5. The van der Waals surface area contributed by atoms with Crippen LogP contribution >= 0.6 is 0 Å². The second-order valence-electron chi connectivity index (χ2n) is 6.00. The van der Waals surface area contributed by atoms with Crippen molar-refractivity contribution >= 4 is 5.95 Å². The smallest absolute Gasteiger partial charge is 0.225 e. The summed E-state index contributed by atoms with van der Waals surface area (Å²) in [6.45, 7) is 2.96. The SMILES string of the molecule is c1cnn(Cc2nc(N3CCCC3)nc3c2CCCC3)c1. The third-order valence-electron chi connectivity index (χ3n) is 4.52. The highest BCUT2D eigenvalue weighted by Gasteiger charge is 2.22. The fourth-order valence-electron chi connectivity index (χ4n) is 3.39. The summed E-state index contributed by atoms with van der Waals surface area (Å²) in [4.78, 5) is 12.1. The summed E-state index contributed by atoms with van der Waals surface area (Å²) in [6.07, 6.45) is 11.1. The largest absolute Gasteiger partial charge is 0.341 e. The first-order valence-corrected chi connectivity index (χ1v) is 8.01. The van der Waals surface area contributed by atoms with E-state index < -0.39 is 0 Å². The van der Waals surface area contributed by atoms with Crippen LogP contribution in [0.5, 0.6) is 0 Å². The van der Waals surface area contributed by atoms with Crippen LogP contribution in [-0.2, 0) is 19.4 Å². The molecule has 4 rings (SSSR count). The molecule has 0 atom stereocenters. The molecule has 0 aromatic carbocycles. The van der Waals surface area contributed by atoms with Gasteiger partial charge in [0.25, 0.3) is 0 Å². The van der Waals surface area contributed by atoms with Gasteiger partial charge in [-0.2, -0.15) is 5.10 Å². The van der Waals surface area contributed by atoms with Gasteiger partial charge in [-0.05, 0) is 50.2 Å². The highest BCUT2D eigenvalue weighted by molar-refractivity contribution is 5.39. The summed E-state index contributed by atoms with van der Waals surface area (Å²) >= 11 is 0. The maximum atomic E-state index is 4.90. The van der Waals surface area contributed by atoms with E-state index in [0.29, 0.717) is 0 Å². The van der Waals surface area contributed by atoms with E-state index >= 15 is 0 Å². The Morgan fingerprint density at radius 1 is 1.00 bits per heavy atom. The fourth-order valence-corrected chi connectivity index (χ4v) is 3.39. The van der Waals surface area contributed by atoms with Crippen molar-refractivity contribution in [2.24, 2.45) is 0 Å². The Hall–Kier alpha value is -1.91. The number of hydrogen-bond acceptors (Lipinski definition) is 4. The molecule has 5 nitrogen and oxygen atoms in total. The maximum absolute atomic E-state index is 4.90. The summed E-state index contributed by atoms with van der Waals surface area (Å²) in [5, 5.41) is 4.33. The van der Waals surface area contributed by atoms with Crippen molar-refractivity contribution in [3.8, 4) is 0 Å². The monoisotopic (exact) mass is 283 g/mol. The second kappa shape index (κ2) is 5.47. The molecule has 0 bridgehead atoms. The van der Waals surface area contributed by atoms with Crippen LogP contribution in [0.2, 0.25) is 0 Å². The molecule has 2 aromatic rings. The number of aromatic nitrogens is 4. The van der Waals surface area contributed by atoms with Crippen molar-refractivity contribution in [1.82, 2.24) is 19.7 Å². The van der Waals surface area contributed by atoms with Crippen LogP contribution in [0.4, 0.5) is 5.95 Å². The molecule has 1 saturated heterocycles. The zero-order chi connectivity index (χ0) is 14.1. The Labute approximate surface area is 125 Å². The Morgan fingerprint density at radius 2 is 1.86 bits per heavy atom. The van der Waals surface area contributed by atoms with Gasteiger partial charge in [-0.15, -0.1) is 0 Å². The highest BCUT2D eigenvalue weighted by atomic mass is 15.3. The molecule has 0 N–H and O–H groups in total. The summed E-state index contributed by atoms with van der Waals surface area (Å²) < 4.78 is 1.96. The third kappa shape index (κ3) is 2.52. The molecule has 0 amide bonds. The molecule has 2 aliphatic rings. The van der Waals surface area contributed by atoms with E-state index in [0.717, 1.165) is 38.4 Å². The number of fused-ring (bicyclic) bond motifs is 1. The van der Waals surface area contributed by atoms with Crippen molar-refractivity contribution in [3.05, 3.63) is 35.4 Å². The number of hydrogen-bond donors (Lipinski definition) is 0. The minimum atomic E-state index is 0.763. The van der Waals surface area contributed by atoms with Crippen molar-refractivity contribution in [2.75, 3.05) is 18.0 Å².